The fraction of sp³-hybridized carbons (Fsp3) is 0.714. The van der Waals surface area contributed by atoms with E-state index in [0.717, 1.165) is 57.3 Å². The van der Waals surface area contributed by atoms with Crippen LogP contribution >= 0.6 is 24.0 Å². The number of nitrogens with zero attached hydrogens (tertiary/aromatic N) is 3. The van der Waals surface area contributed by atoms with Gasteiger partial charge in [-0.2, -0.15) is 0 Å². The molecule has 1 aromatic rings. The third kappa shape index (κ3) is 9.04. The standard InChI is InChI=1S/C21H37N5O2.HI/c1-5-12-28-20-18(8-7-9-23-20)15-24-21(22-6-2)25-16-19(17(3)4)26-10-13-27-14-11-26;/h7-9,17,19H,5-6,10-16H2,1-4H3,(H2,22,24,25);1H. The Morgan fingerprint density at radius 3 is 2.69 bits per heavy atom. The second-order valence-corrected chi connectivity index (χ2v) is 7.35. The number of aromatic nitrogens is 1. The zero-order valence-electron chi connectivity index (χ0n) is 18.3. The number of aliphatic imine (C=N–C) groups is 1. The van der Waals surface area contributed by atoms with E-state index in [0.29, 0.717) is 31.0 Å². The predicted octanol–water partition coefficient (Wildman–Crippen LogP) is 2.90. The molecule has 0 bridgehead atoms. The molecular weight excluding hydrogens is 481 g/mol. The molecular formula is C21H38IN5O2. The maximum Gasteiger partial charge on any atom is 0.218 e. The molecule has 1 aliphatic heterocycles. The van der Waals surface area contributed by atoms with Crippen LogP contribution in [0.4, 0.5) is 0 Å². The molecule has 2 rings (SSSR count). The summed E-state index contributed by atoms with van der Waals surface area (Å²) in [7, 11) is 0. The number of hydrogen-bond donors (Lipinski definition) is 2. The highest BCUT2D eigenvalue weighted by Gasteiger charge is 2.23. The van der Waals surface area contributed by atoms with Crippen LogP contribution in [0.3, 0.4) is 0 Å². The van der Waals surface area contributed by atoms with Crippen molar-refractivity contribution in [3.8, 4) is 5.88 Å². The number of hydrogen-bond acceptors (Lipinski definition) is 5. The van der Waals surface area contributed by atoms with Crippen LogP contribution in [0.15, 0.2) is 23.3 Å². The molecule has 1 aromatic heterocycles. The largest absolute Gasteiger partial charge is 0.477 e. The summed E-state index contributed by atoms with van der Waals surface area (Å²) in [6, 6.07) is 4.40. The van der Waals surface area contributed by atoms with E-state index in [1.54, 1.807) is 6.20 Å². The number of nitrogens with one attached hydrogen (secondary N) is 2. The van der Waals surface area contributed by atoms with Gasteiger partial charge in [0.15, 0.2) is 5.96 Å². The molecule has 2 N–H and O–H groups in total. The van der Waals surface area contributed by atoms with Crippen LogP contribution in [-0.4, -0.2) is 67.9 Å². The Morgan fingerprint density at radius 2 is 2.03 bits per heavy atom. The molecule has 1 saturated heterocycles. The normalized spacial score (nSPS) is 16.2. The molecule has 7 nitrogen and oxygen atoms in total. The minimum absolute atomic E-state index is 0. The minimum atomic E-state index is 0. The van der Waals surface area contributed by atoms with Gasteiger partial charge in [-0.15, -0.1) is 24.0 Å². The van der Waals surface area contributed by atoms with E-state index in [1.807, 2.05) is 12.1 Å². The lowest BCUT2D eigenvalue weighted by molar-refractivity contribution is 0.00752. The van der Waals surface area contributed by atoms with Crippen molar-refractivity contribution in [2.24, 2.45) is 10.9 Å². The molecule has 0 radical (unpaired) electrons. The van der Waals surface area contributed by atoms with Crippen molar-refractivity contribution in [3.63, 3.8) is 0 Å². The summed E-state index contributed by atoms with van der Waals surface area (Å²) >= 11 is 0. The first-order valence-electron chi connectivity index (χ1n) is 10.6. The lowest BCUT2D eigenvalue weighted by Gasteiger charge is -2.37. The summed E-state index contributed by atoms with van der Waals surface area (Å²) in [5.41, 5.74) is 1.00. The summed E-state index contributed by atoms with van der Waals surface area (Å²) in [6.07, 6.45) is 2.72. The number of rotatable bonds is 10. The fourth-order valence-electron chi connectivity index (χ4n) is 3.28. The minimum Gasteiger partial charge on any atom is -0.477 e. The van der Waals surface area contributed by atoms with Gasteiger partial charge in [-0.1, -0.05) is 26.8 Å². The van der Waals surface area contributed by atoms with Gasteiger partial charge in [0.1, 0.15) is 0 Å². The molecule has 0 aliphatic carbocycles. The number of halogens is 1. The third-order valence-electron chi connectivity index (χ3n) is 4.81. The van der Waals surface area contributed by atoms with Crippen molar-refractivity contribution in [1.29, 1.82) is 0 Å². The van der Waals surface area contributed by atoms with Crippen molar-refractivity contribution in [2.45, 2.75) is 46.7 Å². The van der Waals surface area contributed by atoms with Crippen molar-refractivity contribution < 1.29 is 9.47 Å². The van der Waals surface area contributed by atoms with Gasteiger partial charge < -0.3 is 20.1 Å². The molecule has 0 saturated carbocycles. The van der Waals surface area contributed by atoms with E-state index in [9.17, 15) is 0 Å². The Labute approximate surface area is 193 Å². The predicted molar refractivity (Wildman–Crippen MR) is 129 cm³/mol. The third-order valence-corrected chi connectivity index (χ3v) is 4.81. The van der Waals surface area contributed by atoms with Gasteiger partial charge in [0.2, 0.25) is 5.88 Å². The van der Waals surface area contributed by atoms with E-state index in [4.69, 9.17) is 14.5 Å². The Bertz CT molecular complexity index is 594. The molecule has 166 valence electrons. The highest BCUT2D eigenvalue weighted by Crippen LogP contribution is 2.16. The lowest BCUT2D eigenvalue weighted by Crippen LogP contribution is -2.52. The first kappa shape index (κ1) is 25.9. The average Bonchev–Trinajstić information content (AvgIpc) is 2.71. The van der Waals surface area contributed by atoms with Crippen molar-refractivity contribution in [2.75, 3.05) is 46.0 Å². The lowest BCUT2D eigenvalue weighted by atomic mass is 10.0. The Hall–Kier alpha value is -1.13. The summed E-state index contributed by atoms with van der Waals surface area (Å²) in [4.78, 5) is 11.6. The van der Waals surface area contributed by atoms with E-state index in [1.165, 1.54) is 0 Å². The molecule has 29 heavy (non-hydrogen) atoms. The summed E-state index contributed by atoms with van der Waals surface area (Å²) in [5.74, 6) is 2.06. The molecule has 0 amide bonds. The second-order valence-electron chi connectivity index (χ2n) is 7.35. The number of pyridine rings is 1. The highest BCUT2D eigenvalue weighted by atomic mass is 127. The molecule has 1 fully saturated rings. The Morgan fingerprint density at radius 1 is 1.28 bits per heavy atom. The van der Waals surface area contributed by atoms with Crippen LogP contribution in [0, 0.1) is 5.92 Å². The summed E-state index contributed by atoms with van der Waals surface area (Å²) in [6.45, 7) is 15.2. The number of morpholine rings is 1. The quantitative estimate of drug-likeness (QED) is 0.282. The summed E-state index contributed by atoms with van der Waals surface area (Å²) < 4.78 is 11.3. The van der Waals surface area contributed by atoms with Crippen molar-refractivity contribution in [1.82, 2.24) is 20.5 Å². The Kier molecular flexibility index (Phi) is 13.2. The number of guanidine groups is 1. The zero-order valence-corrected chi connectivity index (χ0v) is 20.6. The average molecular weight is 519 g/mol. The van der Waals surface area contributed by atoms with Crippen LogP contribution in [0.1, 0.15) is 39.7 Å². The maximum absolute atomic E-state index is 5.75. The van der Waals surface area contributed by atoms with Crippen LogP contribution in [0.25, 0.3) is 0 Å². The highest BCUT2D eigenvalue weighted by molar-refractivity contribution is 14.0. The topological polar surface area (TPSA) is 71.0 Å². The van der Waals surface area contributed by atoms with E-state index in [2.05, 4.69) is 48.2 Å². The zero-order chi connectivity index (χ0) is 20.2. The molecule has 1 unspecified atom stereocenters. The van der Waals surface area contributed by atoms with E-state index in [-0.39, 0.29) is 24.0 Å². The molecule has 1 aliphatic rings. The first-order chi connectivity index (χ1) is 13.7. The molecule has 2 heterocycles. The van der Waals surface area contributed by atoms with Gasteiger partial charge in [0, 0.05) is 44.0 Å². The maximum atomic E-state index is 5.75. The SMILES string of the molecule is CCCOc1ncccc1CN=C(NCC)NCC(C(C)C)N1CCOCC1.I. The van der Waals surface area contributed by atoms with Crippen LogP contribution in [0.5, 0.6) is 5.88 Å². The smallest absolute Gasteiger partial charge is 0.218 e. The van der Waals surface area contributed by atoms with Gasteiger partial charge in [0.25, 0.3) is 0 Å². The van der Waals surface area contributed by atoms with E-state index < -0.39 is 0 Å². The monoisotopic (exact) mass is 519 g/mol. The van der Waals surface area contributed by atoms with Crippen LogP contribution in [-0.2, 0) is 11.3 Å². The molecule has 0 aromatic carbocycles. The van der Waals surface area contributed by atoms with Gasteiger partial charge in [0.05, 0.1) is 26.4 Å². The van der Waals surface area contributed by atoms with Gasteiger partial charge in [-0.3, -0.25) is 4.90 Å². The molecule has 1 atom stereocenters. The Balaban J connectivity index is 0.00000420. The van der Waals surface area contributed by atoms with Crippen molar-refractivity contribution >= 4 is 29.9 Å². The second kappa shape index (κ2) is 14.8. The van der Waals surface area contributed by atoms with Gasteiger partial charge in [-0.05, 0) is 25.3 Å². The van der Waals surface area contributed by atoms with Gasteiger partial charge >= 0.3 is 0 Å². The molecule has 8 heteroatoms. The van der Waals surface area contributed by atoms with Crippen molar-refractivity contribution in [3.05, 3.63) is 23.9 Å². The van der Waals surface area contributed by atoms with Gasteiger partial charge in [-0.25, -0.2) is 9.98 Å². The first-order valence-corrected chi connectivity index (χ1v) is 10.6. The van der Waals surface area contributed by atoms with Crippen LogP contribution < -0.4 is 15.4 Å². The number of ether oxygens (including phenoxy) is 2. The van der Waals surface area contributed by atoms with E-state index >= 15 is 0 Å². The fourth-order valence-corrected chi connectivity index (χ4v) is 3.28. The molecule has 0 spiro atoms. The summed E-state index contributed by atoms with van der Waals surface area (Å²) in [5, 5.41) is 6.87. The van der Waals surface area contributed by atoms with Crippen LogP contribution in [0.2, 0.25) is 0 Å².